The number of fused-ring (bicyclic) bond motifs is 7. The highest BCUT2D eigenvalue weighted by Crippen LogP contribution is 2.41. The second-order valence-corrected chi connectivity index (χ2v) is 38.1. The van der Waals surface area contributed by atoms with Gasteiger partial charge in [-0.05, 0) is 201 Å². The molecule has 0 aliphatic carbocycles. The fourth-order valence-electron chi connectivity index (χ4n) is 15.5. The minimum Gasteiger partial charge on any atom is -0.478 e. The third kappa shape index (κ3) is 23.4. The number of imidazole rings is 2. The first-order valence-corrected chi connectivity index (χ1v) is 43.5. The molecular formula is C106H120F4N10O6. The molecule has 126 heavy (non-hydrogen) atoms. The Morgan fingerprint density at radius 1 is 0.325 bits per heavy atom. The molecule has 0 amide bonds. The van der Waals surface area contributed by atoms with E-state index in [1.54, 1.807) is 18.2 Å². The molecule has 0 atom stereocenters. The number of benzene rings is 11. The summed E-state index contributed by atoms with van der Waals surface area (Å²) < 4.78 is 88.8. The molecule has 0 bridgehead atoms. The lowest BCUT2D eigenvalue weighted by Crippen LogP contribution is -2.33. The number of para-hydroxylation sites is 5. The van der Waals surface area contributed by atoms with Crippen molar-refractivity contribution in [1.29, 1.82) is 0 Å². The maximum Gasteiger partial charge on any atom is 0.416 e. The molecule has 0 spiro atoms. The molecule has 0 fully saturated rings. The van der Waals surface area contributed by atoms with Crippen molar-refractivity contribution in [3.8, 4) is 34.5 Å². The van der Waals surface area contributed by atoms with Crippen molar-refractivity contribution < 1.29 is 46.0 Å². The second-order valence-electron chi connectivity index (χ2n) is 38.1. The van der Waals surface area contributed by atoms with Crippen molar-refractivity contribution in [1.82, 2.24) is 24.4 Å². The Morgan fingerprint density at radius 3 is 1.12 bits per heavy atom. The Bertz CT molecular complexity index is 5740. The number of ether oxygens (including phenoxy) is 6. The van der Waals surface area contributed by atoms with E-state index in [-0.39, 0.29) is 39.6 Å². The summed E-state index contributed by atoms with van der Waals surface area (Å²) in [5.74, 6) is 6.43. The number of aromatic amines is 1. The number of aromatic nitrogens is 4. The van der Waals surface area contributed by atoms with Gasteiger partial charge >= 0.3 is 6.18 Å². The fraction of sp³-hybridized carbons (Fsp3) is 0.340. The first-order valence-electron chi connectivity index (χ1n) is 43.5. The quantitative estimate of drug-likeness (QED) is 0.138. The van der Waals surface area contributed by atoms with Gasteiger partial charge in [0.05, 0.1) is 29.5 Å². The maximum atomic E-state index is 13.0. The van der Waals surface area contributed by atoms with Crippen LogP contribution in [-0.4, -0.2) is 71.3 Å². The smallest absolute Gasteiger partial charge is 0.416 e. The van der Waals surface area contributed by atoms with Gasteiger partial charge in [0.1, 0.15) is 47.0 Å². The van der Waals surface area contributed by atoms with Gasteiger partial charge in [0.25, 0.3) is 0 Å². The zero-order valence-corrected chi connectivity index (χ0v) is 75.5. The van der Waals surface area contributed by atoms with E-state index in [4.69, 9.17) is 28.4 Å². The van der Waals surface area contributed by atoms with Gasteiger partial charge in [-0.3, -0.25) is 4.90 Å². The molecule has 0 saturated heterocycles. The number of alkyl halides is 3. The van der Waals surface area contributed by atoms with E-state index >= 15 is 0 Å². The normalized spacial score (nSPS) is 14.8. The predicted octanol–water partition coefficient (Wildman–Crippen LogP) is 24.9. The van der Waals surface area contributed by atoms with Crippen molar-refractivity contribution in [2.24, 2.45) is 0 Å². The van der Waals surface area contributed by atoms with Gasteiger partial charge in [-0.15, -0.1) is 0 Å². The summed E-state index contributed by atoms with van der Waals surface area (Å²) in [5, 5.41) is 0. The number of rotatable bonds is 9. The van der Waals surface area contributed by atoms with Gasteiger partial charge in [-0.1, -0.05) is 213 Å². The molecule has 1 N–H and O–H groups in total. The fourth-order valence-corrected chi connectivity index (χ4v) is 15.5. The molecule has 6 aliphatic rings. The monoisotopic (exact) mass is 1700 g/mol. The van der Waals surface area contributed by atoms with Crippen molar-refractivity contribution in [3.63, 3.8) is 0 Å². The highest BCUT2D eigenvalue weighted by molar-refractivity contribution is 5.77. The van der Waals surface area contributed by atoms with Gasteiger partial charge in [-0.2, -0.15) is 13.2 Å². The SMILES string of the molecule is CC(C)(C)c1ccc2c(c1)CN(CCCn1ccnc1)CO2.CC(C)(C)c1ccc2c(c1)CN(c1ccc(F)cc1)CO2.CC(C)(C)c1ccc2c(c1)CN(c1cccc(C(F)(F)F)c1)CO2.CC(C)(C)c1ccc2c(c1)CN(c1ccccc1)CO2.CC(C)(C)c1ccc2c(c1)CN(c1nc3ccccc3[nH]1)CO2.c1ccc(N2COc3ccccc3C2)cc1. The van der Waals surface area contributed by atoms with Crippen LogP contribution >= 0.6 is 0 Å². The molecule has 11 aromatic carbocycles. The Balaban J connectivity index is 0.000000123. The van der Waals surface area contributed by atoms with Gasteiger partial charge in [0.15, 0.2) is 33.7 Å². The summed E-state index contributed by atoms with van der Waals surface area (Å²) >= 11 is 0. The first-order chi connectivity index (χ1) is 60.1. The molecule has 0 radical (unpaired) electrons. The summed E-state index contributed by atoms with van der Waals surface area (Å²) in [6, 6.07) is 81.1. The van der Waals surface area contributed by atoms with Crippen LogP contribution in [0, 0.1) is 5.82 Å². The zero-order valence-electron chi connectivity index (χ0n) is 75.5. The second kappa shape index (κ2) is 38.6. The van der Waals surface area contributed by atoms with E-state index in [9.17, 15) is 17.6 Å². The minimum atomic E-state index is -4.34. The van der Waals surface area contributed by atoms with Crippen LogP contribution in [-0.2, 0) is 79.1 Å². The van der Waals surface area contributed by atoms with Crippen LogP contribution in [0.4, 0.5) is 46.3 Å². The lowest BCUT2D eigenvalue weighted by molar-refractivity contribution is -0.137. The molecule has 20 heteroatoms. The molecule has 16 nitrogen and oxygen atoms in total. The molecule has 0 unspecified atom stereocenters. The minimum absolute atomic E-state index is 0.00745. The summed E-state index contributed by atoms with van der Waals surface area (Å²) in [6.07, 6.45) is 2.47. The molecule has 13 aromatic rings. The zero-order chi connectivity index (χ0) is 89.1. The number of H-pyrrole nitrogens is 1. The number of hydrogen-bond acceptors (Lipinski definition) is 14. The topological polar surface area (TPSA) is 121 Å². The van der Waals surface area contributed by atoms with Crippen molar-refractivity contribution in [2.45, 2.75) is 189 Å². The van der Waals surface area contributed by atoms with Crippen LogP contribution in [0.15, 0.2) is 267 Å². The van der Waals surface area contributed by atoms with Crippen LogP contribution in [0.25, 0.3) is 11.0 Å². The Morgan fingerprint density at radius 2 is 0.690 bits per heavy atom. The number of nitrogens with zero attached hydrogens (tertiary/aromatic N) is 9. The van der Waals surface area contributed by atoms with E-state index < -0.39 is 11.7 Å². The van der Waals surface area contributed by atoms with Gasteiger partial charge in [0.2, 0.25) is 5.95 Å². The summed E-state index contributed by atoms with van der Waals surface area (Å²) in [4.78, 5) is 25.0. The van der Waals surface area contributed by atoms with Crippen molar-refractivity contribution in [2.75, 3.05) is 71.4 Å². The Hall–Kier alpha value is -12.4. The maximum absolute atomic E-state index is 13.0. The number of hydrogen-bond donors (Lipinski definition) is 1. The molecule has 658 valence electrons. The first kappa shape index (κ1) is 89.8. The number of aryl methyl sites for hydroxylation is 1. The van der Waals surface area contributed by atoms with Crippen LogP contribution in [0.5, 0.6) is 34.5 Å². The van der Waals surface area contributed by atoms with Gasteiger partial charge in [0, 0.05) is 114 Å². The van der Waals surface area contributed by atoms with Crippen molar-refractivity contribution in [3.05, 3.63) is 340 Å². The lowest BCUT2D eigenvalue weighted by Gasteiger charge is -2.32. The molecule has 2 aromatic heterocycles. The summed E-state index contributed by atoms with van der Waals surface area (Å²) in [6.45, 7) is 43.3. The van der Waals surface area contributed by atoms with E-state index in [1.807, 2.05) is 84.3 Å². The van der Waals surface area contributed by atoms with E-state index in [0.29, 0.717) is 45.9 Å². The van der Waals surface area contributed by atoms with E-state index in [2.05, 4.69) is 287 Å². The Labute approximate surface area is 741 Å². The average molecular weight is 1710 g/mol. The summed E-state index contributed by atoms with van der Waals surface area (Å²) in [5.41, 5.74) is 19.6. The van der Waals surface area contributed by atoms with Gasteiger partial charge < -0.3 is 62.5 Å². The van der Waals surface area contributed by atoms with Crippen LogP contribution in [0.2, 0.25) is 0 Å². The highest BCUT2D eigenvalue weighted by atomic mass is 19.4. The largest absolute Gasteiger partial charge is 0.478 e. The molecular weight excluding hydrogens is 1590 g/mol. The standard InChI is InChI=1S/C19H20F3NO.C19H21N3O.C18H20FNO.C18H25N3O.C18H21NO.C14H13NO/c1-18(2,3)14-7-8-17-13(9-14)11-23(12-24-17)16-6-4-5-15(10-16)19(20,21)22;1-19(2,3)14-8-9-17-13(10-14)11-22(12-23-17)18-20-15-6-4-5-7-16(15)21-18;1-18(2,3)14-4-9-17-13(10-14)11-20(12-21-17)16-7-5-15(19)6-8-16;1-18(2,3)16-5-6-17-15(11-16)12-21(14-22-17)9-4-8-20-10-7-19-13-20;1-18(2,3)15-9-10-17-14(11-15)12-19(13-20-17)16-7-5-4-6-8-16;1-2-7-13(8-3-1)15-10-12-6-4-5-9-14(12)16-11-15/h4-10H,11-12H2,1-3H3;4-10H,11-12H2,1-3H3,(H,20,21);4-10H,11-12H2,1-3H3;5-7,10-11,13H,4,8-9,12,14H2,1-3H3;4-11H,12-13H2,1-3H3;1-9H,10-11H2. The number of halogens is 4. The summed E-state index contributed by atoms with van der Waals surface area (Å²) in [7, 11) is 0. The number of anilines is 5. The third-order valence-corrected chi connectivity index (χ3v) is 23.2. The lowest BCUT2D eigenvalue weighted by atomic mass is 9.86. The molecule has 19 rings (SSSR count). The number of nitrogens with one attached hydrogen (secondary N) is 1. The van der Waals surface area contributed by atoms with Crippen LogP contribution in [0.3, 0.4) is 0 Å². The van der Waals surface area contributed by atoms with Crippen molar-refractivity contribution >= 4 is 39.7 Å². The van der Waals surface area contributed by atoms with Crippen LogP contribution < -0.4 is 52.9 Å². The molecule has 6 aliphatic heterocycles. The third-order valence-electron chi connectivity index (χ3n) is 23.2. The van der Waals surface area contributed by atoms with E-state index in [0.717, 1.165) is 121 Å². The van der Waals surface area contributed by atoms with Gasteiger partial charge in [-0.25, -0.2) is 14.4 Å². The average Bonchev–Trinajstić information content (AvgIpc) is 1.76. The Kier molecular flexibility index (Phi) is 27.5. The predicted molar refractivity (Wildman–Crippen MR) is 500 cm³/mol. The van der Waals surface area contributed by atoms with Crippen LogP contribution in [0.1, 0.15) is 177 Å². The van der Waals surface area contributed by atoms with E-state index in [1.165, 1.54) is 91.3 Å². The molecule has 8 heterocycles. The highest BCUT2D eigenvalue weighted by Gasteiger charge is 2.33. The molecule has 0 saturated carbocycles.